The highest BCUT2D eigenvalue weighted by atomic mass is 32.1. The number of halogens is 1. The summed E-state index contributed by atoms with van der Waals surface area (Å²) in [7, 11) is 0. The molecule has 3 aromatic carbocycles. The number of carbonyl (C=O) groups excluding carboxylic acids is 1. The van der Waals surface area contributed by atoms with Crippen molar-refractivity contribution in [2.45, 2.75) is 0 Å². The monoisotopic (exact) mass is 460 g/mol. The average molecular weight is 460 g/mol. The lowest BCUT2D eigenvalue weighted by Crippen LogP contribution is -2.25. The first kappa shape index (κ1) is 20.5. The molecular formula is C23H13FN4O4S. The number of hydrogen-bond donors (Lipinski definition) is 0. The number of benzene rings is 3. The van der Waals surface area contributed by atoms with E-state index in [0.29, 0.717) is 15.8 Å². The van der Waals surface area contributed by atoms with Crippen LogP contribution in [0.25, 0.3) is 21.0 Å². The Bertz CT molecular complexity index is 1550. The fourth-order valence-electron chi connectivity index (χ4n) is 3.32. The molecule has 33 heavy (non-hydrogen) atoms. The molecular weight excluding hydrogens is 447 g/mol. The number of furan rings is 1. The summed E-state index contributed by atoms with van der Waals surface area (Å²) in [4.78, 5) is 28.2. The van der Waals surface area contributed by atoms with E-state index >= 15 is 0 Å². The van der Waals surface area contributed by atoms with Gasteiger partial charge in [0.25, 0.3) is 5.91 Å². The van der Waals surface area contributed by atoms with Crippen LogP contribution in [-0.4, -0.2) is 22.0 Å². The van der Waals surface area contributed by atoms with Crippen LogP contribution in [0.5, 0.6) is 0 Å². The van der Waals surface area contributed by atoms with Gasteiger partial charge in [-0.15, -0.1) is 0 Å². The van der Waals surface area contributed by atoms with Crippen molar-refractivity contribution >= 4 is 55.5 Å². The van der Waals surface area contributed by atoms with Crippen LogP contribution in [0.15, 0.2) is 82.3 Å². The number of hydrazone groups is 1. The van der Waals surface area contributed by atoms with Crippen LogP contribution >= 0.6 is 11.3 Å². The van der Waals surface area contributed by atoms with Gasteiger partial charge in [0.15, 0.2) is 5.76 Å². The van der Waals surface area contributed by atoms with Crippen LogP contribution in [0.4, 0.5) is 15.4 Å². The number of aromatic nitrogens is 1. The molecule has 0 saturated carbocycles. The van der Waals surface area contributed by atoms with Crippen molar-refractivity contribution in [3.8, 4) is 0 Å². The van der Waals surface area contributed by atoms with E-state index < -0.39 is 22.5 Å². The summed E-state index contributed by atoms with van der Waals surface area (Å²) >= 11 is 1.09. The lowest BCUT2D eigenvalue weighted by Gasteiger charge is -2.15. The number of thiazole rings is 1. The summed E-state index contributed by atoms with van der Waals surface area (Å²) in [6.45, 7) is 0. The average Bonchev–Trinajstić information content (AvgIpc) is 3.46. The fraction of sp³-hybridized carbons (Fsp3) is 0. The normalized spacial score (nSPS) is 11.4. The van der Waals surface area contributed by atoms with Gasteiger partial charge in [0.2, 0.25) is 5.13 Å². The molecule has 2 aromatic heterocycles. The molecule has 0 aliphatic rings. The van der Waals surface area contributed by atoms with Gasteiger partial charge < -0.3 is 4.42 Å². The Hall–Kier alpha value is -4.44. The minimum atomic E-state index is -0.668. The highest BCUT2D eigenvalue weighted by Crippen LogP contribution is 2.31. The minimum Gasteiger partial charge on any atom is -0.400 e. The summed E-state index contributed by atoms with van der Waals surface area (Å²) in [5.74, 6) is -1.25. The predicted molar refractivity (Wildman–Crippen MR) is 123 cm³/mol. The molecule has 0 radical (unpaired) electrons. The van der Waals surface area contributed by atoms with Crippen molar-refractivity contribution in [3.05, 3.63) is 100 Å². The molecule has 0 saturated heterocycles. The molecule has 10 heteroatoms. The third kappa shape index (κ3) is 3.94. The molecule has 1 amide bonds. The van der Waals surface area contributed by atoms with Crippen LogP contribution in [0.3, 0.4) is 0 Å². The molecule has 0 fully saturated rings. The summed E-state index contributed by atoms with van der Waals surface area (Å²) < 4.78 is 19.3. The van der Waals surface area contributed by atoms with Crippen molar-refractivity contribution in [1.82, 2.24) is 4.98 Å². The first-order valence-corrected chi connectivity index (χ1v) is 10.5. The van der Waals surface area contributed by atoms with Gasteiger partial charge in [-0.3, -0.25) is 14.9 Å². The molecule has 8 nitrogen and oxygen atoms in total. The van der Waals surface area contributed by atoms with Gasteiger partial charge in [-0.1, -0.05) is 47.7 Å². The maximum atomic E-state index is 13.7. The van der Waals surface area contributed by atoms with Crippen LogP contribution in [0.1, 0.15) is 16.1 Å². The Balaban J connectivity index is 1.61. The van der Waals surface area contributed by atoms with Gasteiger partial charge in [0.05, 0.1) is 22.5 Å². The SMILES string of the molecule is O=C(c1cccc2ccccc12)N(/N=C/c1ccc([N+](=O)[O-])o1)c1nc2ccc(F)cc2s1. The van der Waals surface area contributed by atoms with E-state index in [1.54, 1.807) is 12.1 Å². The van der Waals surface area contributed by atoms with Crippen molar-refractivity contribution in [2.24, 2.45) is 5.10 Å². The number of nitrogens with zero attached hydrogens (tertiary/aromatic N) is 4. The summed E-state index contributed by atoms with van der Waals surface area (Å²) in [5, 5.41) is 18.0. The van der Waals surface area contributed by atoms with Gasteiger partial charge in [-0.05, 0) is 41.1 Å². The van der Waals surface area contributed by atoms with Crippen molar-refractivity contribution in [1.29, 1.82) is 0 Å². The molecule has 0 aliphatic carbocycles. The standard InChI is InChI=1S/C23H13FN4O4S/c24-15-8-10-19-20(12-15)33-23(26-19)27(25-13-16-9-11-21(32-16)28(30)31)22(29)18-7-3-5-14-4-1-2-6-17(14)18/h1-13H/b25-13+. The second-order valence-corrected chi connectivity index (χ2v) is 7.94. The molecule has 0 N–H and O–H groups in total. The number of carbonyl (C=O) groups is 1. The molecule has 0 bridgehead atoms. The molecule has 162 valence electrons. The van der Waals surface area contributed by atoms with E-state index in [2.05, 4.69) is 10.1 Å². The fourth-order valence-corrected chi connectivity index (χ4v) is 4.26. The smallest absolute Gasteiger partial charge is 0.400 e. The van der Waals surface area contributed by atoms with Gasteiger partial charge in [-0.2, -0.15) is 10.1 Å². The highest BCUT2D eigenvalue weighted by Gasteiger charge is 2.23. The maximum absolute atomic E-state index is 13.7. The zero-order chi connectivity index (χ0) is 22.9. The van der Waals surface area contributed by atoms with E-state index in [4.69, 9.17) is 4.42 Å². The second kappa shape index (κ2) is 8.24. The Morgan fingerprint density at radius 3 is 2.76 bits per heavy atom. The Kier molecular flexibility index (Phi) is 5.11. The Morgan fingerprint density at radius 2 is 1.94 bits per heavy atom. The quantitative estimate of drug-likeness (QED) is 0.188. The number of rotatable bonds is 5. The zero-order valence-corrected chi connectivity index (χ0v) is 17.5. The van der Waals surface area contributed by atoms with E-state index in [-0.39, 0.29) is 10.9 Å². The topological polar surface area (TPSA) is 102 Å². The van der Waals surface area contributed by atoms with Gasteiger partial charge in [0.1, 0.15) is 10.7 Å². The van der Waals surface area contributed by atoms with Crippen LogP contribution in [0.2, 0.25) is 0 Å². The number of fused-ring (bicyclic) bond motifs is 2. The van der Waals surface area contributed by atoms with Crippen molar-refractivity contribution in [3.63, 3.8) is 0 Å². The largest absolute Gasteiger partial charge is 0.433 e. The number of amides is 1. The van der Waals surface area contributed by atoms with Gasteiger partial charge >= 0.3 is 5.88 Å². The molecule has 0 atom stereocenters. The van der Waals surface area contributed by atoms with Crippen molar-refractivity contribution in [2.75, 3.05) is 5.01 Å². The Morgan fingerprint density at radius 1 is 1.12 bits per heavy atom. The number of hydrogen-bond acceptors (Lipinski definition) is 7. The van der Waals surface area contributed by atoms with E-state index in [1.807, 2.05) is 30.3 Å². The summed E-state index contributed by atoms with van der Waals surface area (Å²) in [6, 6.07) is 19.5. The lowest BCUT2D eigenvalue weighted by molar-refractivity contribution is -0.402. The summed E-state index contributed by atoms with van der Waals surface area (Å²) in [5.41, 5.74) is 0.900. The van der Waals surface area contributed by atoms with Gasteiger partial charge in [-0.25, -0.2) is 9.37 Å². The predicted octanol–water partition coefficient (Wildman–Crippen LogP) is 5.77. The molecule has 2 heterocycles. The number of nitro groups is 1. The molecule has 5 aromatic rings. The van der Waals surface area contributed by atoms with Crippen LogP contribution in [-0.2, 0) is 0 Å². The highest BCUT2D eigenvalue weighted by molar-refractivity contribution is 7.22. The lowest BCUT2D eigenvalue weighted by atomic mass is 10.0. The maximum Gasteiger partial charge on any atom is 0.433 e. The first-order valence-electron chi connectivity index (χ1n) is 9.66. The molecule has 5 rings (SSSR count). The molecule has 0 aliphatic heterocycles. The Labute approximate surface area is 189 Å². The van der Waals surface area contributed by atoms with E-state index in [1.165, 1.54) is 36.5 Å². The van der Waals surface area contributed by atoms with E-state index in [9.17, 15) is 19.3 Å². The van der Waals surface area contributed by atoms with E-state index in [0.717, 1.165) is 27.1 Å². The van der Waals surface area contributed by atoms with Crippen LogP contribution < -0.4 is 5.01 Å². The summed E-state index contributed by atoms with van der Waals surface area (Å²) in [6.07, 6.45) is 1.20. The molecule has 0 spiro atoms. The number of anilines is 1. The zero-order valence-electron chi connectivity index (χ0n) is 16.7. The van der Waals surface area contributed by atoms with Crippen molar-refractivity contribution < 1.29 is 18.5 Å². The minimum absolute atomic E-state index is 0.0876. The van der Waals surface area contributed by atoms with Gasteiger partial charge in [0, 0.05) is 5.56 Å². The molecule has 0 unspecified atom stereocenters. The first-order chi connectivity index (χ1) is 16.0. The van der Waals surface area contributed by atoms with Crippen LogP contribution in [0, 0.1) is 15.9 Å². The second-order valence-electron chi connectivity index (χ2n) is 6.93. The third-order valence-electron chi connectivity index (χ3n) is 4.83. The third-order valence-corrected chi connectivity index (χ3v) is 5.82.